The third-order valence-corrected chi connectivity index (χ3v) is 10.4. The van der Waals surface area contributed by atoms with Crippen LogP contribution in [0.2, 0.25) is 0 Å². The number of hydrogen-bond donors (Lipinski definition) is 1. The van der Waals surface area contributed by atoms with Gasteiger partial charge in [0.2, 0.25) is 5.69 Å². The van der Waals surface area contributed by atoms with Crippen molar-refractivity contribution in [2.24, 2.45) is 0 Å². The zero-order chi connectivity index (χ0) is 22.9. The van der Waals surface area contributed by atoms with Gasteiger partial charge in [0.15, 0.2) is 0 Å². The van der Waals surface area contributed by atoms with Gasteiger partial charge in [-0.15, -0.1) is 0 Å². The standard InChI is InChI=1S/C26H55O2PS2.Mo/c1-3-5-7-9-11-13-15-17-19-21-23-25-28-29(27,30)31-26-24-22-20-18-16-14-12-10-8-6-4-2;/h3-26H2,1-2H3,(H,27,30);. The Hall–Kier alpha value is 1.61. The smallest absolute Gasteiger partial charge is 0.244 e. The molecule has 2 nitrogen and oxygen atoms in total. The van der Waals surface area contributed by atoms with E-state index in [9.17, 15) is 4.89 Å². The van der Waals surface area contributed by atoms with E-state index in [0.717, 1.165) is 18.6 Å². The van der Waals surface area contributed by atoms with Crippen LogP contribution in [0.5, 0.6) is 0 Å². The van der Waals surface area contributed by atoms with E-state index in [1.165, 1.54) is 140 Å². The second-order valence-electron chi connectivity index (χ2n) is 9.21. The van der Waals surface area contributed by atoms with Crippen molar-refractivity contribution >= 4 is 28.9 Å². The molecule has 0 aromatic heterocycles. The predicted molar refractivity (Wildman–Crippen MR) is 148 cm³/mol. The van der Waals surface area contributed by atoms with Crippen LogP contribution in [-0.2, 0) is 37.4 Å². The van der Waals surface area contributed by atoms with Gasteiger partial charge < -0.3 is 9.42 Å². The van der Waals surface area contributed by atoms with Crippen LogP contribution in [0, 0.1) is 0 Å². The maximum Gasteiger partial charge on any atom is 0.244 e. The summed E-state index contributed by atoms with van der Waals surface area (Å²) in [6, 6.07) is 0. The average molecular weight is 591 g/mol. The predicted octanol–water partition coefficient (Wildman–Crippen LogP) is 10.6. The fourth-order valence-corrected chi connectivity index (χ4v) is 7.35. The van der Waals surface area contributed by atoms with Crippen molar-refractivity contribution in [3.05, 3.63) is 0 Å². The Labute approximate surface area is 225 Å². The molecule has 0 radical (unpaired) electrons. The first kappa shape index (κ1) is 35.8. The van der Waals surface area contributed by atoms with Crippen molar-refractivity contribution in [2.45, 2.75) is 155 Å². The van der Waals surface area contributed by atoms with Crippen molar-refractivity contribution in [2.75, 3.05) is 12.4 Å². The first-order valence-electron chi connectivity index (χ1n) is 13.7. The molecule has 32 heavy (non-hydrogen) atoms. The Bertz CT molecular complexity index is 368. The Morgan fingerprint density at radius 3 is 1.25 bits per heavy atom. The van der Waals surface area contributed by atoms with E-state index >= 15 is 0 Å². The summed E-state index contributed by atoms with van der Waals surface area (Å²) in [6.45, 7) is 5.19. The molecule has 0 saturated heterocycles. The monoisotopic (exact) mass is 592 g/mol. The van der Waals surface area contributed by atoms with E-state index in [1.54, 1.807) is 0 Å². The van der Waals surface area contributed by atoms with Gasteiger partial charge in [0.25, 0.3) is 0 Å². The Morgan fingerprint density at radius 2 is 0.875 bits per heavy atom. The zero-order valence-corrected chi connectivity index (χ0v) is 26.0. The van der Waals surface area contributed by atoms with Crippen LogP contribution in [0.3, 0.4) is 0 Å². The molecule has 0 aromatic carbocycles. The molecule has 194 valence electrons. The van der Waals surface area contributed by atoms with Crippen molar-refractivity contribution in [1.82, 2.24) is 0 Å². The van der Waals surface area contributed by atoms with Crippen LogP contribution < -0.4 is 0 Å². The topological polar surface area (TPSA) is 29.5 Å². The molecule has 0 heterocycles. The van der Waals surface area contributed by atoms with Gasteiger partial charge in [-0.25, -0.2) is 0 Å². The quantitative estimate of drug-likeness (QED) is 0.0617. The zero-order valence-electron chi connectivity index (χ0n) is 21.5. The maximum atomic E-state index is 10.3. The van der Waals surface area contributed by atoms with Crippen LogP contribution in [-0.4, -0.2) is 17.3 Å². The summed E-state index contributed by atoms with van der Waals surface area (Å²) in [6.07, 6.45) is 29.5. The summed E-state index contributed by atoms with van der Waals surface area (Å²) in [5.74, 6) is 0.947. The van der Waals surface area contributed by atoms with E-state index in [-0.39, 0.29) is 21.1 Å². The summed E-state index contributed by atoms with van der Waals surface area (Å²) in [5, 5.41) is 0. The number of rotatable bonds is 26. The molecule has 1 N–H and O–H groups in total. The van der Waals surface area contributed by atoms with E-state index in [4.69, 9.17) is 16.3 Å². The molecule has 1 unspecified atom stereocenters. The van der Waals surface area contributed by atoms with Crippen molar-refractivity contribution in [3.8, 4) is 0 Å². The normalized spacial score (nSPS) is 13.1. The van der Waals surface area contributed by atoms with Crippen molar-refractivity contribution in [1.29, 1.82) is 0 Å². The number of hydrogen-bond acceptors (Lipinski definition) is 3. The van der Waals surface area contributed by atoms with Gasteiger partial charge in [-0.05, 0) is 24.6 Å². The minimum absolute atomic E-state index is 0. The molecular weight excluding hydrogens is 535 g/mol. The second-order valence-corrected chi connectivity index (χ2v) is 15.5. The SMILES string of the molecule is CCCCCCCCCCCCCOP(O)(=S)SCCCCCCCCCCCCC.[Mo]. The third kappa shape index (κ3) is 29.6. The van der Waals surface area contributed by atoms with Crippen molar-refractivity contribution in [3.63, 3.8) is 0 Å². The van der Waals surface area contributed by atoms with Gasteiger partial charge >= 0.3 is 0 Å². The van der Waals surface area contributed by atoms with E-state index in [0.29, 0.717) is 6.61 Å². The number of unbranched alkanes of at least 4 members (excludes halogenated alkanes) is 20. The summed E-state index contributed by atoms with van der Waals surface area (Å²) in [7, 11) is 0. The molecular formula is C26H55MoO2PS2. The molecule has 0 amide bonds. The summed E-state index contributed by atoms with van der Waals surface area (Å²) < 4.78 is 5.66. The third-order valence-electron chi connectivity index (χ3n) is 6.00. The molecule has 0 fully saturated rings. The summed E-state index contributed by atoms with van der Waals surface area (Å²) in [4.78, 5) is 10.3. The van der Waals surface area contributed by atoms with Crippen LogP contribution >= 0.6 is 17.1 Å². The Morgan fingerprint density at radius 1 is 0.562 bits per heavy atom. The van der Waals surface area contributed by atoms with Crippen LogP contribution in [0.15, 0.2) is 0 Å². The van der Waals surface area contributed by atoms with Crippen molar-refractivity contribution < 1.29 is 30.5 Å². The van der Waals surface area contributed by atoms with E-state index in [2.05, 4.69) is 13.8 Å². The molecule has 0 aliphatic rings. The minimum Gasteiger partial charge on any atom is -0.337 e. The summed E-state index contributed by atoms with van der Waals surface area (Å²) >= 11 is 6.81. The van der Waals surface area contributed by atoms with Gasteiger partial charge in [-0.3, -0.25) is 0 Å². The molecule has 6 heteroatoms. The second kappa shape index (κ2) is 28.8. The van der Waals surface area contributed by atoms with Gasteiger partial charge in [0.05, 0.1) is 6.61 Å². The first-order chi connectivity index (χ1) is 15.1. The average Bonchev–Trinajstić information content (AvgIpc) is 2.75. The fourth-order valence-electron chi connectivity index (χ4n) is 3.93. The molecule has 0 spiro atoms. The van der Waals surface area contributed by atoms with Gasteiger partial charge in [-0.2, -0.15) is 0 Å². The van der Waals surface area contributed by atoms with E-state index < -0.39 is 5.69 Å². The molecule has 0 aliphatic carbocycles. The van der Waals surface area contributed by atoms with Gasteiger partial charge in [0, 0.05) is 26.8 Å². The van der Waals surface area contributed by atoms with Crippen LogP contribution in [0.4, 0.5) is 0 Å². The maximum absolute atomic E-state index is 10.3. The van der Waals surface area contributed by atoms with Crippen LogP contribution in [0.1, 0.15) is 155 Å². The summed E-state index contributed by atoms with van der Waals surface area (Å²) in [5.41, 5.74) is -2.60. The molecule has 0 bridgehead atoms. The van der Waals surface area contributed by atoms with Gasteiger partial charge in [-0.1, -0.05) is 154 Å². The van der Waals surface area contributed by atoms with Gasteiger partial charge in [0.1, 0.15) is 0 Å². The molecule has 0 aliphatic heterocycles. The largest absolute Gasteiger partial charge is 0.337 e. The molecule has 1 atom stereocenters. The Kier molecular flexibility index (Phi) is 32.2. The molecule has 0 aromatic rings. The fraction of sp³-hybridized carbons (Fsp3) is 1.00. The molecule has 0 rings (SSSR count). The van der Waals surface area contributed by atoms with E-state index in [1.807, 2.05) is 0 Å². The van der Waals surface area contributed by atoms with Crippen LogP contribution in [0.25, 0.3) is 0 Å². The minimum atomic E-state index is -2.60. The molecule has 0 saturated carbocycles. The Balaban J connectivity index is 0. The first-order valence-corrected chi connectivity index (χ1v) is 18.0.